The van der Waals surface area contributed by atoms with Crippen LogP contribution in [0.3, 0.4) is 0 Å². The van der Waals surface area contributed by atoms with Gasteiger partial charge in [-0.1, -0.05) is 27.7 Å². The Morgan fingerprint density at radius 2 is 1.52 bits per heavy atom. The topological polar surface area (TPSA) is 128 Å². The van der Waals surface area contributed by atoms with Gasteiger partial charge in [0.15, 0.2) is 6.10 Å². The molecule has 8 heteroatoms. The quantitative estimate of drug-likeness (QED) is 0.361. The molecule has 0 spiro atoms. The molecule has 0 saturated carbocycles. The number of likely N-dealkylation sites (N-methyl/N-ethyl adjacent to an activating group) is 1. The van der Waals surface area contributed by atoms with Gasteiger partial charge in [-0.05, 0) is 18.3 Å². The maximum Gasteiger partial charge on any atom is 0.251 e. The maximum absolute atomic E-state index is 12.4. The summed E-state index contributed by atoms with van der Waals surface area (Å²) in [5.74, 6) is -1.67. The third-order valence-corrected chi connectivity index (χ3v) is 3.31. The first-order valence-corrected chi connectivity index (χ1v) is 7.75. The van der Waals surface area contributed by atoms with E-state index in [9.17, 15) is 19.5 Å². The van der Waals surface area contributed by atoms with Gasteiger partial charge in [0.05, 0.1) is 6.61 Å². The van der Waals surface area contributed by atoms with E-state index < -0.39 is 36.6 Å². The van der Waals surface area contributed by atoms with Crippen LogP contribution >= 0.6 is 0 Å². The van der Waals surface area contributed by atoms with Gasteiger partial charge in [-0.15, -0.1) is 0 Å². The normalized spacial score (nSPS) is 15.0. The summed E-state index contributed by atoms with van der Waals surface area (Å²) in [6.07, 6.45) is -1.24. The molecule has 0 radical (unpaired) electrons. The smallest absolute Gasteiger partial charge is 0.251 e. The lowest BCUT2D eigenvalue weighted by molar-refractivity contribution is -0.136. The summed E-state index contributed by atoms with van der Waals surface area (Å²) in [5.41, 5.74) is 0. The van der Waals surface area contributed by atoms with Crippen molar-refractivity contribution in [3.63, 3.8) is 0 Å². The number of rotatable bonds is 9. The van der Waals surface area contributed by atoms with E-state index in [2.05, 4.69) is 16.0 Å². The SMILES string of the molecule is CNC(=O)C(NC(=O)C(CC(C)C)NC(=O)C(O)CO)C(C)C. The largest absolute Gasteiger partial charge is 0.393 e. The number of aliphatic hydroxyl groups excluding tert-OH is 2. The number of hydrogen-bond donors (Lipinski definition) is 5. The van der Waals surface area contributed by atoms with Gasteiger partial charge < -0.3 is 26.2 Å². The Balaban J connectivity index is 5.05. The lowest BCUT2D eigenvalue weighted by Gasteiger charge is -2.26. The minimum atomic E-state index is -1.59. The molecule has 3 unspecified atom stereocenters. The van der Waals surface area contributed by atoms with Crippen molar-refractivity contribution in [3.8, 4) is 0 Å². The summed E-state index contributed by atoms with van der Waals surface area (Å²) in [5, 5.41) is 25.6. The first-order valence-electron chi connectivity index (χ1n) is 7.75. The highest BCUT2D eigenvalue weighted by molar-refractivity contribution is 5.92. The molecule has 5 N–H and O–H groups in total. The fourth-order valence-electron chi connectivity index (χ4n) is 2.00. The lowest BCUT2D eigenvalue weighted by Crippen LogP contribution is -2.56. The predicted octanol–water partition coefficient (Wildman–Crippen LogP) is -1.24. The molecule has 3 amide bonds. The Labute approximate surface area is 137 Å². The molecule has 0 aliphatic rings. The van der Waals surface area contributed by atoms with E-state index in [0.717, 1.165) is 0 Å². The minimum absolute atomic E-state index is 0.106. The molecule has 0 aliphatic carbocycles. The van der Waals surface area contributed by atoms with Crippen LogP contribution in [0.2, 0.25) is 0 Å². The van der Waals surface area contributed by atoms with Gasteiger partial charge in [0.1, 0.15) is 12.1 Å². The van der Waals surface area contributed by atoms with Crippen LogP contribution in [-0.2, 0) is 14.4 Å². The van der Waals surface area contributed by atoms with Crippen LogP contribution in [0.5, 0.6) is 0 Å². The van der Waals surface area contributed by atoms with E-state index in [4.69, 9.17) is 5.11 Å². The van der Waals surface area contributed by atoms with Crippen molar-refractivity contribution in [2.45, 2.75) is 52.3 Å². The zero-order chi connectivity index (χ0) is 18.2. The maximum atomic E-state index is 12.4. The molecule has 0 aromatic carbocycles. The molecule has 0 fully saturated rings. The van der Waals surface area contributed by atoms with Crippen molar-refractivity contribution in [1.82, 2.24) is 16.0 Å². The van der Waals surface area contributed by atoms with Crippen LogP contribution in [0, 0.1) is 11.8 Å². The van der Waals surface area contributed by atoms with Gasteiger partial charge in [-0.2, -0.15) is 0 Å². The molecule has 134 valence electrons. The Morgan fingerprint density at radius 1 is 0.957 bits per heavy atom. The van der Waals surface area contributed by atoms with E-state index in [1.54, 1.807) is 13.8 Å². The van der Waals surface area contributed by atoms with E-state index >= 15 is 0 Å². The van der Waals surface area contributed by atoms with Gasteiger partial charge in [0.25, 0.3) is 5.91 Å². The van der Waals surface area contributed by atoms with Crippen LogP contribution < -0.4 is 16.0 Å². The molecule has 8 nitrogen and oxygen atoms in total. The first kappa shape index (κ1) is 21.3. The molecule has 3 atom stereocenters. The lowest BCUT2D eigenvalue weighted by atomic mass is 10.00. The van der Waals surface area contributed by atoms with Gasteiger partial charge in [0.2, 0.25) is 11.8 Å². The van der Waals surface area contributed by atoms with Gasteiger partial charge in [-0.25, -0.2) is 0 Å². The highest BCUT2D eigenvalue weighted by Crippen LogP contribution is 2.08. The third-order valence-electron chi connectivity index (χ3n) is 3.31. The van der Waals surface area contributed by atoms with Crippen LogP contribution in [0.15, 0.2) is 0 Å². The summed E-state index contributed by atoms with van der Waals surface area (Å²) in [7, 11) is 1.48. The summed E-state index contributed by atoms with van der Waals surface area (Å²) < 4.78 is 0. The fourth-order valence-corrected chi connectivity index (χ4v) is 2.00. The summed E-state index contributed by atoms with van der Waals surface area (Å²) in [6.45, 7) is 6.63. The van der Waals surface area contributed by atoms with Crippen LogP contribution in [-0.4, -0.2) is 59.8 Å². The Bertz CT molecular complexity index is 412. The number of carbonyl (C=O) groups excluding carboxylic acids is 3. The highest BCUT2D eigenvalue weighted by atomic mass is 16.3. The second-order valence-corrected chi connectivity index (χ2v) is 6.23. The second kappa shape index (κ2) is 10.2. The second-order valence-electron chi connectivity index (χ2n) is 6.23. The first-order chi connectivity index (χ1) is 10.6. The molecule has 0 saturated heterocycles. The van der Waals surface area contributed by atoms with E-state index in [-0.39, 0.29) is 17.7 Å². The van der Waals surface area contributed by atoms with Gasteiger partial charge in [0, 0.05) is 7.05 Å². The molecule has 0 aromatic rings. The third kappa shape index (κ3) is 7.43. The van der Waals surface area contributed by atoms with E-state index in [1.165, 1.54) is 7.05 Å². The number of hydrogen-bond acceptors (Lipinski definition) is 5. The molecule has 0 bridgehead atoms. The summed E-state index contributed by atoms with van der Waals surface area (Å²) in [6, 6.07) is -1.61. The van der Waals surface area contributed by atoms with Gasteiger partial charge in [-0.3, -0.25) is 14.4 Å². The minimum Gasteiger partial charge on any atom is -0.393 e. The zero-order valence-corrected chi connectivity index (χ0v) is 14.4. The molecule has 0 rings (SSSR count). The van der Waals surface area contributed by atoms with E-state index in [1.807, 2.05) is 13.8 Å². The Hall–Kier alpha value is -1.67. The number of carbonyl (C=O) groups is 3. The molecular weight excluding hydrogens is 302 g/mol. The number of aliphatic hydroxyl groups is 2. The average Bonchev–Trinajstić information content (AvgIpc) is 2.48. The van der Waals surface area contributed by atoms with Crippen molar-refractivity contribution in [1.29, 1.82) is 0 Å². The monoisotopic (exact) mass is 331 g/mol. The van der Waals surface area contributed by atoms with Crippen molar-refractivity contribution in [3.05, 3.63) is 0 Å². The summed E-state index contributed by atoms with van der Waals surface area (Å²) >= 11 is 0. The summed E-state index contributed by atoms with van der Waals surface area (Å²) in [4.78, 5) is 35.9. The Morgan fingerprint density at radius 3 is 1.91 bits per heavy atom. The van der Waals surface area contributed by atoms with Crippen molar-refractivity contribution in [2.75, 3.05) is 13.7 Å². The average molecular weight is 331 g/mol. The molecular formula is C15H29N3O5. The van der Waals surface area contributed by atoms with Crippen LogP contribution in [0.25, 0.3) is 0 Å². The number of nitrogens with one attached hydrogen (secondary N) is 3. The van der Waals surface area contributed by atoms with E-state index in [0.29, 0.717) is 6.42 Å². The molecule has 0 heterocycles. The van der Waals surface area contributed by atoms with Crippen molar-refractivity contribution >= 4 is 17.7 Å². The highest BCUT2D eigenvalue weighted by Gasteiger charge is 2.29. The number of amides is 3. The van der Waals surface area contributed by atoms with Crippen LogP contribution in [0.4, 0.5) is 0 Å². The standard InChI is InChI=1S/C15H29N3O5/c1-8(2)6-10(17-14(22)11(20)7-19)13(21)18-12(9(3)4)15(23)16-5/h8-12,19-20H,6-7H2,1-5H3,(H,16,23)(H,17,22)(H,18,21). The zero-order valence-electron chi connectivity index (χ0n) is 14.4. The van der Waals surface area contributed by atoms with Crippen molar-refractivity contribution < 1.29 is 24.6 Å². The fraction of sp³-hybridized carbons (Fsp3) is 0.800. The molecule has 0 aromatic heterocycles. The molecule has 0 aliphatic heterocycles. The van der Waals surface area contributed by atoms with Crippen molar-refractivity contribution in [2.24, 2.45) is 11.8 Å². The van der Waals surface area contributed by atoms with Gasteiger partial charge >= 0.3 is 0 Å². The van der Waals surface area contributed by atoms with Crippen LogP contribution in [0.1, 0.15) is 34.1 Å². The molecule has 23 heavy (non-hydrogen) atoms. The Kier molecular flexibility index (Phi) is 9.43. The predicted molar refractivity (Wildman–Crippen MR) is 85.3 cm³/mol.